The van der Waals surface area contributed by atoms with Gasteiger partial charge in [0.2, 0.25) is 5.91 Å². The highest BCUT2D eigenvalue weighted by molar-refractivity contribution is 7.99. The van der Waals surface area contributed by atoms with Crippen LogP contribution in [-0.4, -0.2) is 40.3 Å². The molecule has 1 rings (SSSR count). The molecule has 0 spiro atoms. The van der Waals surface area contributed by atoms with Crippen molar-refractivity contribution in [2.45, 2.75) is 58.6 Å². The van der Waals surface area contributed by atoms with Gasteiger partial charge in [-0.3, -0.25) is 9.59 Å². The SMILES string of the molecule is CCC1O[C@@H](SC[C@H](C)C(=O)O)C(NC(C)=O)[C@@H](C)[C@@H]1C. The molecule has 5 nitrogen and oxygen atoms in total. The fourth-order valence-electron chi connectivity index (χ4n) is 2.65. The van der Waals surface area contributed by atoms with Crippen molar-refractivity contribution in [1.82, 2.24) is 5.32 Å². The molecule has 0 radical (unpaired) electrons. The van der Waals surface area contributed by atoms with E-state index in [0.717, 1.165) is 6.42 Å². The smallest absolute Gasteiger partial charge is 0.307 e. The normalized spacial score (nSPS) is 34.2. The van der Waals surface area contributed by atoms with Gasteiger partial charge in [-0.05, 0) is 18.3 Å². The molecule has 6 atom stereocenters. The van der Waals surface area contributed by atoms with Crippen molar-refractivity contribution in [1.29, 1.82) is 0 Å². The van der Waals surface area contributed by atoms with Crippen molar-refractivity contribution in [2.75, 3.05) is 5.75 Å². The number of nitrogens with one attached hydrogen (secondary N) is 1. The summed E-state index contributed by atoms with van der Waals surface area (Å²) < 4.78 is 6.12. The highest BCUT2D eigenvalue weighted by Crippen LogP contribution is 2.37. The maximum Gasteiger partial charge on any atom is 0.307 e. The number of hydrogen-bond donors (Lipinski definition) is 2. The molecular formula is C15H27NO4S. The van der Waals surface area contributed by atoms with Crippen molar-refractivity contribution < 1.29 is 19.4 Å². The third-order valence-electron chi connectivity index (χ3n) is 4.29. The van der Waals surface area contributed by atoms with Crippen LogP contribution >= 0.6 is 11.8 Å². The van der Waals surface area contributed by atoms with Gasteiger partial charge in [0.1, 0.15) is 5.44 Å². The summed E-state index contributed by atoms with van der Waals surface area (Å²) in [7, 11) is 0. The summed E-state index contributed by atoms with van der Waals surface area (Å²) in [6.45, 7) is 9.56. The number of carbonyl (C=O) groups is 2. The number of carboxylic acids is 1. The standard InChI is InChI=1S/C15H27NO4S/c1-6-12-9(3)10(4)13(16-11(5)17)15(20-12)21-7-8(2)14(18)19/h8-10,12-13,15H,6-7H2,1-5H3,(H,16,17)(H,18,19)/t8-,9-,10-,12?,13?,15-/m0/s1. The van der Waals surface area contributed by atoms with Crippen LogP contribution in [0.15, 0.2) is 0 Å². The summed E-state index contributed by atoms with van der Waals surface area (Å²) in [4.78, 5) is 22.4. The molecule has 0 aromatic rings. The van der Waals surface area contributed by atoms with Crippen LogP contribution in [0.3, 0.4) is 0 Å². The number of amides is 1. The molecule has 2 unspecified atom stereocenters. The Kier molecular flexibility index (Phi) is 7.00. The van der Waals surface area contributed by atoms with E-state index in [0.29, 0.717) is 17.6 Å². The van der Waals surface area contributed by atoms with Gasteiger partial charge in [-0.1, -0.05) is 27.7 Å². The highest BCUT2D eigenvalue weighted by atomic mass is 32.2. The fourth-order valence-corrected chi connectivity index (χ4v) is 4.02. The fraction of sp³-hybridized carbons (Fsp3) is 0.867. The second kappa shape index (κ2) is 8.03. The van der Waals surface area contributed by atoms with Gasteiger partial charge in [0.25, 0.3) is 0 Å². The maximum atomic E-state index is 11.4. The second-order valence-corrected chi connectivity index (χ2v) is 7.10. The lowest BCUT2D eigenvalue weighted by atomic mass is 9.82. The van der Waals surface area contributed by atoms with E-state index in [1.54, 1.807) is 6.92 Å². The van der Waals surface area contributed by atoms with Gasteiger partial charge in [-0.25, -0.2) is 0 Å². The topological polar surface area (TPSA) is 75.6 Å². The summed E-state index contributed by atoms with van der Waals surface area (Å²) in [5.74, 6) is -0.164. The van der Waals surface area contributed by atoms with Crippen LogP contribution in [0.4, 0.5) is 0 Å². The Balaban J connectivity index is 2.78. The first-order valence-corrected chi connectivity index (χ1v) is 8.59. The van der Waals surface area contributed by atoms with E-state index in [-0.39, 0.29) is 23.5 Å². The summed E-state index contributed by atoms with van der Waals surface area (Å²) in [6.07, 6.45) is 1.08. The number of rotatable bonds is 6. The zero-order chi connectivity index (χ0) is 16.2. The van der Waals surface area contributed by atoms with Crippen molar-refractivity contribution >= 4 is 23.6 Å². The first kappa shape index (κ1) is 18.3. The molecule has 1 aliphatic heterocycles. The summed E-state index contributed by atoms with van der Waals surface area (Å²) in [6, 6.07) is -0.0775. The third kappa shape index (κ3) is 4.88. The average Bonchev–Trinajstić information content (AvgIpc) is 2.42. The molecule has 2 N–H and O–H groups in total. The molecule has 6 heteroatoms. The lowest BCUT2D eigenvalue weighted by Crippen LogP contribution is -2.55. The Labute approximate surface area is 131 Å². The highest BCUT2D eigenvalue weighted by Gasteiger charge is 2.41. The van der Waals surface area contributed by atoms with E-state index >= 15 is 0 Å². The van der Waals surface area contributed by atoms with Crippen molar-refractivity contribution in [3.8, 4) is 0 Å². The lowest BCUT2D eigenvalue weighted by Gasteiger charge is -2.44. The molecule has 21 heavy (non-hydrogen) atoms. The molecule has 0 aromatic carbocycles. The van der Waals surface area contributed by atoms with Gasteiger partial charge in [-0.15, -0.1) is 11.8 Å². The minimum absolute atomic E-state index is 0.0746. The Bertz CT molecular complexity index is 377. The average molecular weight is 317 g/mol. The molecule has 1 amide bonds. The minimum Gasteiger partial charge on any atom is -0.481 e. The van der Waals surface area contributed by atoms with Gasteiger partial charge in [0, 0.05) is 12.7 Å². The van der Waals surface area contributed by atoms with Crippen molar-refractivity contribution in [3.05, 3.63) is 0 Å². The largest absolute Gasteiger partial charge is 0.481 e. The third-order valence-corrected chi connectivity index (χ3v) is 5.71. The van der Waals surface area contributed by atoms with E-state index in [1.165, 1.54) is 18.7 Å². The summed E-state index contributed by atoms with van der Waals surface area (Å²) in [5, 5.41) is 12.0. The van der Waals surface area contributed by atoms with Crippen LogP contribution < -0.4 is 5.32 Å². The monoisotopic (exact) mass is 317 g/mol. The zero-order valence-electron chi connectivity index (χ0n) is 13.5. The van der Waals surface area contributed by atoms with Gasteiger partial charge in [0.15, 0.2) is 0 Å². The molecule has 0 aliphatic carbocycles. The lowest BCUT2D eigenvalue weighted by molar-refractivity contribution is -0.140. The van der Waals surface area contributed by atoms with E-state index in [4.69, 9.17) is 9.84 Å². The number of ether oxygens (including phenoxy) is 1. The van der Waals surface area contributed by atoms with Gasteiger partial charge in [0.05, 0.1) is 18.1 Å². The van der Waals surface area contributed by atoms with Crippen LogP contribution in [0, 0.1) is 17.8 Å². The molecule has 122 valence electrons. The maximum absolute atomic E-state index is 11.4. The Morgan fingerprint density at radius 2 is 1.95 bits per heavy atom. The van der Waals surface area contributed by atoms with E-state index in [1.807, 2.05) is 0 Å². The van der Waals surface area contributed by atoms with Crippen LogP contribution in [0.2, 0.25) is 0 Å². The van der Waals surface area contributed by atoms with Crippen LogP contribution in [0.5, 0.6) is 0 Å². The van der Waals surface area contributed by atoms with Crippen LogP contribution in [-0.2, 0) is 14.3 Å². The van der Waals surface area contributed by atoms with Crippen LogP contribution in [0.25, 0.3) is 0 Å². The van der Waals surface area contributed by atoms with E-state index in [9.17, 15) is 9.59 Å². The Morgan fingerprint density at radius 1 is 1.33 bits per heavy atom. The Morgan fingerprint density at radius 3 is 2.43 bits per heavy atom. The second-order valence-electron chi connectivity index (χ2n) is 5.97. The minimum atomic E-state index is -0.803. The number of thioether (sulfide) groups is 1. The number of carboxylic acid groups (broad SMARTS) is 1. The predicted octanol–water partition coefficient (Wildman–Crippen LogP) is 2.35. The number of aliphatic carboxylic acids is 1. The van der Waals surface area contributed by atoms with Crippen molar-refractivity contribution in [3.63, 3.8) is 0 Å². The molecule has 1 saturated heterocycles. The molecule has 0 bridgehead atoms. The van der Waals surface area contributed by atoms with Gasteiger partial charge >= 0.3 is 5.97 Å². The molecule has 1 aliphatic rings. The van der Waals surface area contributed by atoms with Crippen molar-refractivity contribution in [2.24, 2.45) is 17.8 Å². The van der Waals surface area contributed by atoms with E-state index in [2.05, 4.69) is 26.1 Å². The number of hydrogen-bond acceptors (Lipinski definition) is 4. The first-order valence-electron chi connectivity index (χ1n) is 7.54. The molecule has 1 heterocycles. The van der Waals surface area contributed by atoms with Gasteiger partial charge in [-0.2, -0.15) is 0 Å². The molecular weight excluding hydrogens is 290 g/mol. The number of carbonyl (C=O) groups excluding carboxylic acids is 1. The molecule has 1 fully saturated rings. The summed E-state index contributed by atoms with van der Waals surface area (Å²) >= 11 is 1.49. The molecule has 0 saturated carbocycles. The zero-order valence-corrected chi connectivity index (χ0v) is 14.3. The Hall–Kier alpha value is -0.750. The quantitative estimate of drug-likeness (QED) is 0.786. The summed E-state index contributed by atoms with van der Waals surface area (Å²) in [5.41, 5.74) is -0.188. The van der Waals surface area contributed by atoms with Crippen LogP contribution in [0.1, 0.15) is 41.0 Å². The van der Waals surface area contributed by atoms with Gasteiger partial charge < -0.3 is 15.2 Å². The first-order chi connectivity index (χ1) is 9.77. The predicted molar refractivity (Wildman–Crippen MR) is 84.1 cm³/mol. The van der Waals surface area contributed by atoms with E-state index < -0.39 is 11.9 Å². The molecule has 0 aromatic heterocycles.